The van der Waals surface area contributed by atoms with Gasteiger partial charge >= 0.3 is 19.4 Å². The topological polar surface area (TPSA) is 96.0 Å². The first kappa shape index (κ1) is 28.3. The van der Waals surface area contributed by atoms with E-state index in [-0.39, 0.29) is 5.60 Å². The summed E-state index contributed by atoms with van der Waals surface area (Å²) in [6.45, 7) is 13.4. The molecule has 0 unspecified atom stereocenters. The number of hydrogen-bond acceptors (Lipinski definition) is 7. The molecule has 7 heteroatoms. The maximum atomic E-state index is 9.47. The quantitative estimate of drug-likeness (QED) is 0.523. The third-order valence-corrected chi connectivity index (χ3v) is 1.27. The standard InChI is InChI=1S/C5H9O2.C5H9O.C3H5O2.C2H3O2/c1-5(2,3)7-4-6;1-2-3-4-5-6;1-2-5-3-4;1-4-2-3/h1-3H3;2-4H2,1H3;2H2,1H3;1H3. The molecule has 0 heterocycles. The van der Waals surface area contributed by atoms with E-state index >= 15 is 0 Å². The zero-order chi connectivity index (χ0) is 18.3. The molecule has 4 radical (unpaired) electrons. The first-order valence-electron chi connectivity index (χ1n) is 6.60. The van der Waals surface area contributed by atoms with E-state index in [4.69, 9.17) is 9.59 Å². The van der Waals surface area contributed by atoms with Crippen molar-refractivity contribution in [2.75, 3.05) is 13.7 Å². The van der Waals surface area contributed by atoms with Gasteiger partial charge in [0.15, 0.2) is 6.29 Å². The summed E-state index contributed by atoms with van der Waals surface area (Å²) >= 11 is 0. The van der Waals surface area contributed by atoms with E-state index in [0.717, 1.165) is 12.8 Å². The third-order valence-electron chi connectivity index (χ3n) is 1.27. The Hall–Kier alpha value is -1.92. The highest BCUT2D eigenvalue weighted by atomic mass is 16.5. The first-order chi connectivity index (χ1) is 10.3. The van der Waals surface area contributed by atoms with Crippen LogP contribution in [0.25, 0.3) is 0 Å². The SMILES string of the molecule is CC(C)(C)O[C]=O.CCCC[C]=O.CCO[C]=O.CO[C]=O. The second-order valence-corrected chi connectivity index (χ2v) is 4.35. The Kier molecular flexibility index (Phi) is 35.2. The van der Waals surface area contributed by atoms with E-state index in [1.807, 2.05) is 6.29 Å². The fourth-order valence-electron chi connectivity index (χ4n) is 0.433. The van der Waals surface area contributed by atoms with E-state index in [1.54, 1.807) is 27.7 Å². The van der Waals surface area contributed by atoms with Gasteiger partial charge in [-0.15, -0.1) is 0 Å². The van der Waals surface area contributed by atoms with Crippen LogP contribution >= 0.6 is 0 Å². The van der Waals surface area contributed by atoms with Gasteiger partial charge in [-0.05, 0) is 34.1 Å². The van der Waals surface area contributed by atoms with Gasteiger partial charge in [0.05, 0.1) is 13.7 Å². The van der Waals surface area contributed by atoms with Crippen molar-refractivity contribution in [1.29, 1.82) is 0 Å². The molecule has 128 valence electrons. The van der Waals surface area contributed by atoms with Gasteiger partial charge in [0.2, 0.25) is 0 Å². The van der Waals surface area contributed by atoms with Crippen LogP contribution in [-0.2, 0) is 33.4 Å². The van der Waals surface area contributed by atoms with Crippen molar-refractivity contribution in [2.24, 2.45) is 0 Å². The van der Waals surface area contributed by atoms with Gasteiger partial charge in [-0.3, -0.25) is 4.79 Å². The van der Waals surface area contributed by atoms with Gasteiger partial charge in [0.1, 0.15) is 5.60 Å². The van der Waals surface area contributed by atoms with Crippen molar-refractivity contribution in [3.05, 3.63) is 0 Å². The van der Waals surface area contributed by atoms with E-state index in [2.05, 4.69) is 21.1 Å². The van der Waals surface area contributed by atoms with Gasteiger partial charge in [-0.2, -0.15) is 0 Å². The largest absolute Gasteiger partial charge is 0.461 e. The van der Waals surface area contributed by atoms with E-state index < -0.39 is 0 Å². The predicted molar refractivity (Wildman–Crippen MR) is 81.8 cm³/mol. The lowest BCUT2D eigenvalue weighted by Crippen LogP contribution is -2.17. The fourth-order valence-corrected chi connectivity index (χ4v) is 0.433. The molecule has 0 bridgehead atoms. The monoisotopic (exact) mass is 318 g/mol. The summed E-state index contributed by atoms with van der Waals surface area (Å²) in [4.78, 5) is 36.8. The Labute approximate surface area is 133 Å². The van der Waals surface area contributed by atoms with Crippen LogP contribution in [0.4, 0.5) is 0 Å². The molecule has 0 rings (SSSR count). The summed E-state index contributed by atoms with van der Waals surface area (Å²) in [7, 11) is 1.26. The molecular formula is C15H26O7. The zero-order valence-electron chi connectivity index (χ0n) is 14.2. The molecule has 0 amide bonds. The molecule has 0 aliphatic heterocycles. The van der Waals surface area contributed by atoms with Crippen molar-refractivity contribution in [1.82, 2.24) is 0 Å². The fraction of sp³-hybridized carbons (Fsp3) is 0.733. The Morgan fingerprint density at radius 1 is 0.909 bits per heavy atom. The second-order valence-electron chi connectivity index (χ2n) is 4.35. The summed E-state index contributed by atoms with van der Waals surface area (Å²) < 4.78 is 12.2. The minimum Gasteiger partial charge on any atom is -0.461 e. The number of methoxy groups -OCH3 is 1. The van der Waals surface area contributed by atoms with Crippen LogP contribution < -0.4 is 0 Å². The number of hydrogen-bond donors (Lipinski definition) is 0. The third kappa shape index (κ3) is 80.8. The van der Waals surface area contributed by atoms with Crippen molar-refractivity contribution >= 4 is 25.7 Å². The summed E-state index contributed by atoms with van der Waals surface area (Å²) in [5.41, 5.74) is -0.373. The minimum atomic E-state index is -0.373. The van der Waals surface area contributed by atoms with Crippen LogP contribution in [0.15, 0.2) is 0 Å². The van der Waals surface area contributed by atoms with Gasteiger partial charge < -0.3 is 14.2 Å². The Morgan fingerprint density at radius 2 is 1.41 bits per heavy atom. The predicted octanol–water partition coefficient (Wildman–Crippen LogP) is 1.95. The van der Waals surface area contributed by atoms with E-state index in [1.165, 1.54) is 26.5 Å². The minimum absolute atomic E-state index is 0.373. The van der Waals surface area contributed by atoms with Crippen molar-refractivity contribution in [3.8, 4) is 0 Å². The van der Waals surface area contributed by atoms with Crippen LogP contribution in [-0.4, -0.2) is 45.0 Å². The molecule has 0 aromatic rings. The molecule has 0 spiro atoms. The summed E-state index contributed by atoms with van der Waals surface area (Å²) in [5.74, 6) is 0. The second kappa shape index (κ2) is 27.4. The average molecular weight is 318 g/mol. The Bertz CT molecular complexity index is 235. The summed E-state index contributed by atoms with van der Waals surface area (Å²) in [6.07, 6.45) is 4.51. The number of ether oxygens (including phenoxy) is 3. The molecule has 7 nitrogen and oxygen atoms in total. The van der Waals surface area contributed by atoms with Crippen LogP contribution in [0.2, 0.25) is 0 Å². The average Bonchev–Trinajstić information content (AvgIpc) is 2.46. The molecule has 0 aromatic carbocycles. The highest BCUT2D eigenvalue weighted by Crippen LogP contribution is 2.02. The van der Waals surface area contributed by atoms with Crippen LogP contribution in [0.3, 0.4) is 0 Å². The lowest BCUT2D eigenvalue weighted by Gasteiger charge is -2.13. The number of rotatable bonds is 7. The molecule has 0 aromatic heterocycles. The highest BCUT2D eigenvalue weighted by Gasteiger charge is 2.08. The maximum Gasteiger partial charge on any atom is 0.418 e. The first-order valence-corrected chi connectivity index (χ1v) is 6.60. The van der Waals surface area contributed by atoms with Gasteiger partial charge in [0.25, 0.3) is 0 Å². The van der Waals surface area contributed by atoms with Crippen molar-refractivity contribution in [3.63, 3.8) is 0 Å². The lowest BCUT2D eigenvalue weighted by molar-refractivity contribution is 0.109. The van der Waals surface area contributed by atoms with Crippen LogP contribution in [0.5, 0.6) is 0 Å². The van der Waals surface area contributed by atoms with E-state index in [9.17, 15) is 9.59 Å². The molecule has 0 saturated carbocycles. The van der Waals surface area contributed by atoms with Crippen LogP contribution in [0.1, 0.15) is 53.9 Å². The number of unbranched alkanes of at least 4 members (excludes halogenated alkanes) is 2. The molecule has 0 aliphatic rings. The van der Waals surface area contributed by atoms with Crippen molar-refractivity contribution < 1.29 is 33.4 Å². The Balaban J connectivity index is -0.000000100. The summed E-state index contributed by atoms with van der Waals surface area (Å²) in [6, 6.07) is 0. The Morgan fingerprint density at radius 3 is 1.45 bits per heavy atom. The normalized spacial score (nSPS) is 8.09. The molecule has 0 atom stereocenters. The smallest absolute Gasteiger partial charge is 0.418 e. The lowest BCUT2D eigenvalue weighted by atomic mass is 10.2. The molecule has 0 fully saturated rings. The van der Waals surface area contributed by atoms with Gasteiger partial charge in [-0.25, -0.2) is 14.4 Å². The van der Waals surface area contributed by atoms with E-state index in [0.29, 0.717) is 13.0 Å². The molecule has 0 N–H and O–H groups in total. The van der Waals surface area contributed by atoms with Gasteiger partial charge in [-0.1, -0.05) is 13.3 Å². The van der Waals surface area contributed by atoms with Crippen LogP contribution in [0, 0.1) is 0 Å². The number of carbonyl (C=O) groups excluding carboxylic acids is 4. The van der Waals surface area contributed by atoms with Crippen molar-refractivity contribution in [2.45, 2.75) is 59.5 Å². The molecule has 22 heavy (non-hydrogen) atoms. The molecular weight excluding hydrogens is 292 g/mol. The zero-order valence-corrected chi connectivity index (χ0v) is 14.2. The summed E-state index contributed by atoms with van der Waals surface area (Å²) in [5, 5.41) is 0. The maximum absolute atomic E-state index is 9.47. The highest BCUT2D eigenvalue weighted by molar-refractivity contribution is 5.50. The van der Waals surface area contributed by atoms with Gasteiger partial charge in [0, 0.05) is 6.42 Å². The molecule has 0 saturated heterocycles. The molecule has 0 aliphatic carbocycles.